The normalized spacial score (nSPS) is 12.0. The number of rotatable bonds is 10. The second kappa shape index (κ2) is 11.1. The Morgan fingerprint density at radius 1 is 1.18 bits per heavy atom. The zero-order chi connectivity index (χ0) is 16.2. The van der Waals surface area contributed by atoms with E-state index in [-0.39, 0.29) is 0 Å². The highest BCUT2D eigenvalue weighted by atomic mass is 15.2. The van der Waals surface area contributed by atoms with Gasteiger partial charge in [0.15, 0.2) is 5.96 Å². The number of imidazole rings is 1. The summed E-state index contributed by atoms with van der Waals surface area (Å²) in [6.07, 6.45) is 9.98. The molecular formula is C17H33N5. The van der Waals surface area contributed by atoms with Crippen molar-refractivity contribution in [1.29, 1.82) is 0 Å². The van der Waals surface area contributed by atoms with Crippen LogP contribution in [0.2, 0.25) is 0 Å². The molecule has 0 fully saturated rings. The number of hydrogen-bond donors (Lipinski definition) is 2. The highest BCUT2D eigenvalue weighted by Gasteiger charge is 1.99. The predicted molar refractivity (Wildman–Crippen MR) is 94.3 cm³/mol. The number of nitrogens with one attached hydrogen (secondary N) is 2. The Hall–Kier alpha value is -1.52. The van der Waals surface area contributed by atoms with Gasteiger partial charge in [0.05, 0.1) is 0 Å². The molecule has 0 aromatic carbocycles. The van der Waals surface area contributed by atoms with Gasteiger partial charge >= 0.3 is 0 Å². The molecule has 0 atom stereocenters. The van der Waals surface area contributed by atoms with Crippen molar-refractivity contribution in [3.05, 3.63) is 18.2 Å². The van der Waals surface area contributed by atoms with Crippen LogP contribution >= 0.6 is 0 Å². The van der Waals surface area contributed by atoms with Gasteiger partial charge in [-0.1, -0.05) is 26.7 Å². The van der Waals surface area contributed by atoms with Crippen molar-refractivity contribution >= 4 is 5.96 Å². The summed E-state index contributed by atoms with van der Waals surface area (Å²) in [5.74, 6) is 2.81. The topological polar surface area (TPSA) is 54.2 Å². The SMILES string of the molecule is CN=C(NCCCCC(C)C)NCCCCn1ccnc1C. The van der Waals surface area contributed by atoms with Gasteiger partial charge in [-0.15, -0.1) is 0 Å². The second-order valence-corrected chi connectivity index (χ2v) is 6.19. The molecule has 1 aromatic rings. The lowest BCUT2D eigenvalue weighted by Crippen LogP contribution is -2.38. The smallest absolute Gasteiger partial charge is 0.190 e. The molecule has 0 unspecified atom stereocenters. The number of aromatic nitrogens is 2. The third kappa shape index (κ3) is 8.05. The van der Waals surface area contributed by atoms with Gasteiger partial charge in [0.25, 0.3) is 0 Å². The fourth-order valence-corrected chi connectivity index (χ4v) is 2.36. The van der Waals surface area contributed by atoms with Gasteiger partial charge in [0.1, 0.15) is 5.82 Å². The summed E-state index contributed by atoms with van der Waals surface area (Å²) in [6, 6.07) is 0. The molecule has 0 aliphatic rings. The molecule has 0 bridgehead atoms. The summed E-state index contributed by atoms with van der Waals surface area (Å²) in [4.78, 5) is 8.50. The minimum atomic E-state index is 0.802. The molecule has 5 nitrogen and oxygen atoms in total. The Morgan fingerprint density at radius 2 is 1.86 bits per heavy atom. The highest BCUT2D eigenvalue weighted by Crippen LogP contribution is 2.05. The van der Waals surface area contributed by atoms with Crippen molar-refractivity contribution in [3.63, 3.8) is 0 Å². The molecule has 0 aliphatic heterocycles. The van der Waals surface area contributed by atoms with E-state index in [9.17, 15) is 0 Å². The van der Waals surface area contributed by atoms with E-state index in [1.807, 2.05) is 26.4 Å². The number of aryl methyl sites for hydroxylation is 2. The van der Waals surface area contributed by atoms with Crippen LogP contribution in [0.4, 0.5) is 0 Å². The van der Waals surface area contributed by atoms with Gasteiger partial charge in [-0.3, -0.25) is 4.99 Å². The van der Waals surface area contributed by atoms with Crippen LogP contribution in [0, 0.1) is 12.8 Å². The van der Waals surface area contributed by atoms with Gasteiger partial charge < -0.3 is 15.2 Å². The van der Waals surface area contributed by atoms with Crippen LogP contribution in [-0.4, -0.2) is 35.6 Å². The number of nitrogens with zero attached hydrogens (tertiary/aromatic N) is 3. The average Bonchev–Trinajstić information content (AvgIpc) is 2.89. The van der Waals surface area contributed by atoms with Crippen LogP contribution in [0.3, 0.4) is 0 Å². The fraction of sp³-hybridized carbons (Fsp3) is 0.765. The van der Waals surface area contributed by atoms with Crippen LogP contribution in [0.25, 0.3) is 0 Å². The maximum Gasteiger partial charge on any atom is 0.190 e. The molecule has 0 saturated heterocycles. The molecule has 1 heterocycles. The molecule has 126 valence electrons. The number of unbranched alkanes of at least 4 members (excludes halogenated alkanes) is 2. The summed E-state index contributed by atoms with van der Waals surface area (Å²) in [7, 11) is 1.83. The molecule has 22 heavy (non-hydrogen) atoms. The first-order valence-corrected chi connectivity index (χ1v) is 8.55. The molecule has 0 saturated carbocycles. The predicted octanol–water partition coefficient (Wildman–Crippen LogP) is 2.96. The molecule has 2 N–H and O–H groups in total. The zero-order valence-electron chi connectivity index (χ0n) is 14.7. The first-order valence-electron chi connectivity index (χ1n) is 8.55. The van der Waals surface area contributed by atoms with Crippen LogP contribution in [0.5, 0.6) is 0 Å². The van der Waals surface area contributed by atoms with E-state index in [2.05, 4.69) is 39.0 Å². The molecule has 5 heteroatoms. The third-order valence-corrected chi connectivity index (χ3v) is 3.77. The van der Waals surface area contributed by atoms with Crippen molar-refractivity contribution in [2.75, 3.05) is 20.1 Å². The van der Waals surface area contributed by atoms with Crippen molar-refractivity contribution in [2.24, 2.45) is 10.9 Å². The van der Waals surface area contributed by atoms with Crippen LogP contribution in [0.15, 0.2) is 17.4 Å². The van der Waals surface area contributed by atoms with Gasteiger partial charge in [0.2, 0.25) is 0 Å². The second-order valence-electron chi connectivity index (χ2n) is 6.19. The van der Waals surface area contributed by atoms with Crippen LogP contribution in [0.1, 0.15) is 51.8 Å². The lowest BCUT2D eigenvalue weighted by molar-refractivity contribution is 0.534. The Balaban J connectivity index is 2.03. The lowest BCUT2D eigenvalue weighted by atomic mass is 10.1. The maximum absolute atomic E-state index is 4.26. The Labute approximate surface area is 135 Å². The molecule has 0 amide bonds. The Kier molecular flexibility index (Phi) is 9.35. The Bertz CT molecular complexity index is 422. The van der Waals surface area contributed by atoms with Crippen molar-refractivity contribution in [3.8, 4) is 0 Å². The van der Waals surface area contributed by atoms with E-state index in [0.29, 0.717) is 0 Å². The number of hydrogen-bond acceptors (Lipinski definition) is 2. The van der Waals surface area contributed by atoms with Gasteiger partial charge in [-0.05, 0) is 32.1 Å². The summed E-state index contributed by atoms with van der Waals surface area (Å²) in [6.45, 7) is 9.59. The van der Waals surface area contributed by atoms with E-state index in [4.69, 9.17) is 0 Å². The molecule has 0 spiro atoms. The van der Waals surface area contributed by atoms with Gasteiger partial charge in [0, 0.05) is 39.1 Å². The van der Waals surface area contributed by atoms with Crippen LogP contribution < -0.4 is 10.6 Å². The van der Waals surface area contributed by atoms with E-state index in [1.54, 1.807) is 0 Å². The molecule has 1 rings (SSSR count). The van der Waals surface area contributed by atoms with Gasteiger partial charge in [-0.2, -0.15) is 0 Å². The van der Waals surface area contributed by atoms with Gasteiger partial charge in [-0.25, -0.2) is 4.98 Å². The minimum Gasteiger partial charge on any atom is -0.356 e. The number of guanidine groups is 1. The summed E-state index contributed by atoms with van der Waals surface area (Å²) in [5, 5.41) is 6.76. The van der Waals surface area contributed by atoms with Crippen molar-refractivity contribution in [2.45, 2.75) is 59.4 Å². The monoisotopic (exact) mass is 307 g/mol. The van der Waals surface area contributed by atoms with E-state index >= 15 is 0 Å². The third-order valence-electron chi connectivity index (χ3n) is 3.77. The minimum absolute atomic E-state index is 0.802. The lowest BCUT2D eigenvalue weighted by Gasteiger charge is -2.12. The Morgan fingerprint density at radius 3 is 2.41 bits per heavy atom. The average molecular weight is 307 g/mol. The van der Waals surface area contributed by atoms with Crippen molar-refractivity contribution < 1.29 is 0 Å². The quantitative estimate of drug-likeness (QED) is 0.397. The van der Waals surface area contributed by atoms with Crippen molar-refractivity contribution in [1.82, 2.24) is 20.2 Å². The largest absolute Gasteiger partial charge is 0.356 e. The summed E-state index contributed by atoms with van der Waals surface area (Å²) >= 11 is 0. The molecule has 0 aliphatic carbocycles. The van der Waals surface area contributed by atoms with Crippen LogP contribution in [-0.2, 0) is 6.54 Å². The van der Waals surface area contributed by atoms with E-state index in [0.717, 1.165) is 50.2 Å². The van der Waals surface area contributed by atoms with E-state index in [1.165, 1.54) is 19.3 Å². The summed E-state index contributed by atoms with van der Waals surface area (Å²) < 4.78 is 2.20. The molecule has 0 radical (unpaired) electrons. The molecule has 1 aromatic heterocycles. The number of aliphatic imine (C=N–C) groups is 1. The standard InChI is InChI=1S/C17H33N5/c1-15(2)9-5-6-10-20-17(18-4)21-11-7-8-13-22-14-12-19-16(22)3/h12,14-15H,5-11,13H2,1-4H3,(H2,18,20,21). The first-order chi connectivity index (χ1) is 10.6. The van der Waals surface area contributed by atoms with E-state index < -0.39 is 0 Å². The maximum atomic E-state index is 4.26. The summed E-state index contributed by atoms with van der Waals surface area (Å²) in [5.41, 5.74) is 0. The molecular weight excluding hydrogens is 274 g/mol. The highest BCUT2D eigenvalue weighted by molar-refractivity contribution is 5.79. The zero-order valence-corrected chi connectivity index (χ0v) is 14.7. The first kappa shape index (κ1) is 18.5. The fourth-order valence-electron chi connectivity index (χ4n) is 2.36.